The molecule has 9 heteroatoms. The van der Waals surface area contributed by atoms with Crippen molar-refractivity contribution >= 4 is 33.3 Å². The second-order valence-corrected chi connectivity index (χ2v) is 9.49. The van der Waals surface area contributed by atoms with Gasteiger partial charge in [-0.25, -0.2) is 4.98 Å². The largest absolute Gasteiger partial charge is 0.339 e. The number of rotatable bonds is 6. The van der Waals surface area contributed by atoms with Crippen LogP contribution < -0.4 is 5.56 Å². The van der Waals surface area contributed by atoms with Crippen LogP contribution in [0, 0.1) is 0 Å². The molecular formula is C21H21N5O2S2. The molecule has 0 amide bonds. The molecule has 0 saturated heterocycles. The quantitative estimate of drug-likeness (QED) is 0.254. The second kappa shape index (κ2) is 8.31. The molecule has 0 radical (unpaired) electrons. The first kappa shape index (κ1) is 19.4. The lowest BCUT2D eigenvalue weighted by molar-refractivity contribution is 0.378. The Morgan fingerprint density at radius 3 is 2.90 bits per heavy atom. The molecule has 0 aromatic carbocycles. The van der Waals surface area contributed by atoms with Crippen LogP contribution in [0.25, 0.3) is 21.6 Å². The van der Waals surface area contributed by atoms with Crippen molar-refractivity contribution in [2.75, 3.05) is 5.75 Å². The molecule has 30 heavy (non-hydrogen) atoms. The van der Waals surface area contributed by atoms with Crippen LogP contribution in [0.3, 0.4) is 0 Å². The number of aryl methyl sites for hydroxylation is 3. The van der Waals surface area contributed by atoms with Crippen molar-refractivity contribution in [3.8, 4) is 11.4 Å². The molecule has 0 atom stereocenters. The smallest absolute Gasteiger partial charge is 0.262 e. The topological polar surface area (TPSA) is 86.7 Å². The highest BCUT2D eigenvalue weighted by molar-refractivity contribution is 7.99. The van der Waals surface area contributed by atoms with Gasteiger partial charge in [0, 0.05) is 42.1 Å². The van der Waals surface area contributed by atoms with E-state index in [1.807, 2.05) is 19.2 Å². The van der Waals surface area contributed by atoms with Gasteiger partial charge in [0.25, 0.3) is 5.56 Å². The van der Waals surface area contributed by atoms with Gasteiger partial charge in [0.1, 0.15) is 4.83 Å². The molecule has 0 bridgehead atoms. The number of nitrogens with zero attached hydrogens (tertiary/aromatic N) is 5. The lowest BCUT2D eigenvalue weighted by Crippen LogP contribution is -2.20. The Morgan fingerprint density at radius 1 is 1.20 bits per heavy atom. The summed E-state index contributed by atoms with van der Waals surface area (Å²) in [4.78, 5) is 28.5. The van der Waals surface area contributed by atoms with Crippen LogP contribution in [0.2, 0.25) is 0 Å². The van der Waals surface area contributed by atoms with Gasteiger partial charge < -0.3 is 4.52 Å². The Kier molecular flexibility index (Phi) is 5.39. The molecule has 1 aliphatic rings. The molecule has 0 aliphatic heterocycles. The summed E-state index contributed by atoms with van der Waals surface area (Å²) in [5, 5.41) is 5.65. The number of fused-ring (bicyclic) bond motifs is 3. The Morgan fingerprint density at radius 2 is 2.03 bits per heavy atom. The fraction of sp³-hybridized carbons (Fsp3) is 0.381. The van der Waals surface area contributed by atoms with Gasteiger partial charge >= 0.3 is 0 Å². The van der Waals surface area contributed by atoms with Crippen molar-refractivity contribution in [1.29, 1.82) is 0 Å². The van der Waals surface area contributed by atoms with E-state index in [1.165, 1.54) is 16.9 Å². The molecule has 4 heterocycles. The maximum atomic E-state index is 13.0. The van der Waals surface area contributed by atoms with E-state index in [2.05, 4.69) is 15.1 Å². The van der Waals surface area contributed by atoms with Crippen molar-refractivity contribution in [3.63, 3.8) is 0 Å². The van der Waals surface area contributed by atoms with Crippen LogP contribution in [-0.2, 0) is 26.3 Å². The summed E-state index contributed by atoms with van der Waals surface area (Å²) in [6.45, 7) is 0. The molecule has 5 rings (SSSR count). The Balaban J connectivity index is 1.25. The SMILES string of the molecule is Cn1c(SCCCc2nc(-c3ccncc3)no2)nc2sc3c(c2c1=O)CCCC3. The average molecular weight is 440 g/mol. The molecule has 154 valence electrons. The minimum Gasteiger partial charge on any atom is -0.339 e. The summed E-state index contributed by atoms with van der Waals surface area (Å²) in [5.74, 6) is 2.02. The highest BCUT2D eigenvalue weighted by atomic mass is 32.2. The van der Waals surface area contributed by atoms with Gasteiger partial charge in [-0.3, -0.25) is 14.3 Å². The number of thiophene rings is 1. The second-order valence-electron chi connectivity index (χ2n) is 7.35. The van der Waals surface area contributed by atoms with Gasteiger partial charge in [0.2, 0.25) is 11.7 Å². The van der Waals surface area contributed by atoms with Crippen LogP contribution in [0.15, 0.2) is 39.0 Å². The van der Waals surface area contributed by atoms with Crippen molar-refractivity contribution in [1.82, 2.24) is 24.7 Å². The van der Waals surface area contributed by atoms with E-state index in [-0.39, 0.29) is 5.56 Å². The van der Waals surface area contributed by atoms with Gasteiger partial charge in [-0.2, -0.15) is 4.98 Å². The highest BCUT2D eigenvalue weighted by Crippen LogP contribution is 2.34. The first-order valence-electron chi connectivity index (χ1n) is 10.1. The van der Waals surface area contributed by atoms with E-state index in [1.54, 1.807) is 40.1 Å². The van der Waals surface area contributed by atoms with Crippen molar-refractivity contribution in [3.05, 3.63) is 51.2 Å². The number of hydrogen-bond acceptors (Lipinski definition) is 8. The minimum absolute atomic E-state index is 0.0841. The molecule has 4 aromatic heterocycles. The first-order chi connectivity index (χ1) is 14.7. The van der Waals surface area contributed by atoms with Crippen molar-refractivity contribution in [2.45, 2.75) is 43.7 Å². The number of thioether (sulfide) groups is 1. The van der Waals surface area contributed by atoms with Crippen LogP contribution >= 0.6 is 23.1 Å². The fourth-order valence-corrected chi connectivity index (χ4v) is 5.97. The normalized spacial score (nSPS) is 13.6. The van der Waals surface area contributed by atoms with Crippen molar-refractivity contribution in [2.24, 2.45) is 7.05 Å². The molecule has 0 spiro atoms. The monoisotopic (exact) mass is 439 g/mol. The third-order valence-electron chi connectivity index (χ3n) is 5.33. The third kappa shape index (κ3) is 3.67. The maximum Gasteiger partial charge on any atom is 0.262 e. The fourth-order valence-electron chi connectivity index (χ4n) is 3.76. The van der Waals surface area contributed by atoms with E-state index in [4.69, 9.17) is 9.51 Å². The third-order valence-corrected chi connectivity index (χ3v) is 7.63. The summed E-state index contributed by atoms with van der Waals surface area (Å²) < 4.78 is 7.06. The van der Waals surface area contributed by atoms with E-state index < -0.39 is 0 Å². The predicted molar refractivity (Wildman–Crippen MR) is 118 cm³/mol. The summed E-state index contributed by atoms with van der Waals surface area (Å²) in [5.41, 5.74) is 2.22. The number of pyridine rings is 1. The van der Waals surface area contributed by atoms with Crippen LogP contribution in [0.4, 0.5) is 0 Å². The lowest BCUT2D eigenvalue weighted by atomic mass is 9.97. The van der Waals surface area contributed by atoms with Crippen LogP contribution in [0.5, 0.6) is 0 Å². The van der Waals surface area contributed by atoms with Gasteiger partial charge in [-0.1, -0.05) is 16.9 Å². The summed E-state index contributed by atoms with van der Waals surface area (Å²) >= 11 is 3.30. The van der Waals surface area contributed by atoms with Crippen LogP contribution in [0.1, 0.15) is 35.6 Å². The van der Waals surface area contributed by atoms with Gasteiger partial charge in [0.15, 0.2) is 5.16 Å². The lowest BCUT2D eigenvalue weighted by Gasteiger charge is -2.10. The molecule has 0 N–H and O–H groups in total. The summed E-state index contributed by atoms with van der Waals surface area (Å²) in [6, 6.07) is 3.71. The first-order valence-corrected chi connectivity index (χ1v) is 11.9. The highest BCUT2D eigenvalue weighted by Gasteiger charge is 2.21. The standard InChI is InChI=1S/C21H21N5O2S2/c1-26-20(27)17-14-5-2-3-6-15(14)30-19(17)24-21(26)29-12-4-7-16-23-18(25-28-16)13-8-10-22-11-9-13/h8-11H,2-7,12H2,1H3. The average Bonchev–Trinajstić information content (AvgIpc) is 3.39. The Labute approximate surface area is 181 Å². The van der Waals surface area contributed by atoms with Gasteiger partial charge in [-0.05, 0) is 49.8 Å². The molecule has 7 nitrogen and oxygen atoms in total. The molecule has 4 aromatic rings. The molecule has 0 fully saturated rings. The Bertz CT molecular complexity index is 1250. The molecule has 0 saturated carbocycles. The zero-order chi connectivity index (χ0) is 20.5. The van der Waals surface area contributed by atoms with Crippen molar-refractivity contribution < 1.29 is 4.52 Å². The van der Waals surface area contributed by atoms with E-state index in [9.17, 15) is 4.79 Å². The van der Waals surface area contributed by atoms with E-state index in [0.29, 0.717) is 18.1 Å². The van der Waals surface area contributed by atoms with Gasteiger partial charge in [-0.15, -0.1) is 11.3 Å². The molecule has 0 unspecified atom stereocenters. The maximum absolute atomic E-state index is 13.0. The number of aromatic nitrogens is 5. The zero-order valence-electron chi connectivity index (χ0n) is 16.6. The molecule has 1 aliphatic carbocycles. The van der Waals surface area contributed by atoms with E-state index >= 15 is 0 Å². The predicted octanol–water partition coefficient (Wildman–Crippen LogP) is 4.04. The zero-order valence-corrected chi connectivity index (χ0v) is 18.3. The molecular weight excluding hydrogens is 418 g/mol. The van der Waals surface area contributed by atoms with Crippen LogP contribution in [-0.4, -0.2) is 30.4 Å². The number of hydrogen-bond donors (Lipinski definition) is 0. The summed E-state index contributed by atoms with van der Waals surface area (Å²) in [6.07, 6.45) is 9.42. The van der Waals surface area contributed by atoms with E-state index in [0.717, 1.165) is 52.4 Å². The van der Waals surface area contributed by atoms with Gasteiger partial charge in [0.05, 0.1) is 5.39 Å². The minimum atomic E-state index is 0.0841. The summed E-state index contributed by atoms with van der Waals surface area (Å²) in [7, 11) is 1.82. The Hall–Kier alpha value is -2.52.